The van der Waals surface area contributed by atoms with Gasteiger partial charge in [-0.2, -0.15) is 17.5 Å². The molecule has 1 aromatic carbocycles. The molecule has 134 valence electrons. The van der Waals surface area contributed by atoms with Crippen molar-refractivity contribution in [2.45, 2.75) is 23.9 Å². The summed E-state index contributed by atoms with van der Waals surface area (Å²) < 4.78 is 75.1. The van der Waals surface area contributed by atoms with E-state index < -0.39 is 40.4 Å². The number of nitrogens with zero attached hydrogens (tertiary/aromatic N) is 1. The Balaban J connectivity index is 1.94. The zero-order valence-electron chi connectivity index (χ0n) is 12.5. The summed E-state index contributed by atoms with van der Waals surface area (Å²) in [5, 5.41) is 1.81. The number of alkyl halides is 3. The lowest BCUT2D eigenvalue weighted by Crippen LogP contribution is -2.44. The van der Waals surface area contributed by atoms with Crippen LogP contribution in [0.5, 0.6) is 0 Å². The number of nitrogens with one attached hydrogen (secondary N) is 1. The van der Waals surface area contributed by atoms with Crippen LogP contribution >= 0.6 is 0 Å². The normalized spacial score (nSPS) is 17.7. The minimum atomic E-state index is -4.48. The second-order valence-electron chi connectivity index (χ2n) is 5.47. The van der Waals surface area contributed by atoms with E-state index in [2.05, 4.69) is 0 Å². The third-order valence-electron chi connectivity index (χ3n) is 3.74. The Kier molecular flexibility index (Phi) is 5.49. The highest BCUT2D eigenvalue weighted by Gasteiger charge is 2.34. The molecule has 1 saturated heterocycles. The monoisotopic (exact) mass is 368 g/mol. The molecule has 0 aromatic heterocycles. The highest BCUT2D eigenvalue weighted by atomic mass is 32.2. The molecule has 24 heavy (non-hydrogen) atoms. The molecule has 1 fully saturated rings. The maximum absolute atomic E-state index is 12.9. The number of halogens is 4. The summed E-state index contributed by atoms with van der Waals surface area (Å²) in [6, 6.07) is 4.36. The van der Waals surface area contributed by atoms with Crippen LogP contribution in [0.3, 0.4) is 0 Å². The first kappa shape index (κ1) is 18.7. The molecule has 5 nitrogen and oxygen atoms in total. The third kappa shape index (κ3) is 4.67. The lowest BCUT2D eigenvalue weighted by atomic mass is 9.97. The van der Waals surface area contributed by atoms with Crippen LogP contribution in [-0.4, -0.2) is 44.4 Å². The van der Waals surface area contributed by atoms with Crippen LogP contribution in [0.1, 0.15) is 12.8 Å². The zero-order valence-corrected chi connectivity index (χ0v) is 13.3. The molecule has 1 N–H and O–H groups in total. The molecule has 10 heteroatoms. The summed E-state index contributed by atoms with van der Waals surface area (Å²) in [5.41, 5.74) is 0. The fourth-order valence-electron chi connectivity index (χ4n) is 2.45. The van der Waals surface area contributed by atoms with Crippen LogP contribution in [0.2, 0.25) is 0 Å². The van der Waals surface area contributed by atoms with Gasteiger partial charge in [-0.3, -0.25) is 4.79 Å². The van der Waals surface area contributed by atoms with Crippen molar-refractivity contribution in [3.05, 3.63) is 30.1 Å². The summed E-state index contributed by atoms with van der Waals surface area (Å²) in [7, 11) is -3.81. The van der Waals surface area contributed by atoms with E-state index in [1.165, 1.54) is 0 Å². The van der Waals surface area contributed by atoms with Crippen molar-refractivity contribution in [1.82, 2.24) is 9.62 Å². The zero-order chi connectivity index (χ0) is 18.0. The van der Waals surface area contributed by atoms with Crippen molar-refractivity contribution in [3.8, 4) is 0 Å². The topological polar surface area (TPSA) is 66.5 Å². The minimum Gasteiger partial charge on any atom is -0.347 e. The van der Waals surface area contributed by atoms with E-state index in [0.717, 1.165) is 28.6 Å². The van der Waals surface area contributed by atoms with Gasteiger partial charge in [0.25, 0.3) is 0 Å². The van der Waals surface area contributed by atoms with Crippen LogP contribution < -0.4 is 5.32 Å². The van der Waals surface area contributed by atoms with Crippen molar-refractivity contribution in [2.24, 2.45) is 5.92 Å². The smallest absolute Gasteiger partial charge is 0.347 e. The number of carbonyl (C=O) groups excluding carboxylic acids is 1. The largest absolute Gasteiger partial charge is 0.405 e. The lowest BCUT2D eigenvalue weighted by Gasteiger charge is -2.30. The maximum atomic E-state index is 12.9. The molecular formula is C14H16F4N2O3S. The van der Waals surface area contributed by atoms with Gasteiger partial charge in [-0.05, 0) is 37.1 Å². The first-order valence-corrected chi connectivity index (χ1v) is 8.64. The average molecular weight is 368 g/mol. The van der Waals surface area contributed by atoms with Gasteiger partial charge in [0.15, 0.2) is 0 Å². The van der Waals surface area contributed by atoms with E-state index in [4.69, 9.17) is 0 Å². The van der Waals surface area contributed by atoms with Crippen molar-refractivity contribution >= 4 is 15.9 Å². The Labute approximate surface area is 136 Å². The van der Waals surface area contributed by atoms with Crippen LogP contribution in [0, 0.1) is 11.7 Å². The molecule has 0 aliphatic carbocycles. The van der Waals surface area contributed by atoms with E-state index in [-0.39, 0.29) is 30.8 Å². The van der Waals surface area contributed by atoms with Gasteiger partial charge in [-0.15, -0.1) is 0 Å². The number of rotatable bonds is 4. The first-order valence-electron chi connectivity index (χ1n) is 7.20. The molecule has 0 atom stereocenters. The maximum Gasteiger partial charge on any atom is 0.405 e. The number of carbonyl (C=O) groups is 1. The van der Waals surface area contributed by atoms with Gasteiger partial charge >= 0.3 is 6.18 Å². The third-order valence-corrected chi connectivity index (χ3v) is 5.65. The van der Waals surface area contributed by atoms with E-state index in [1.54, 1.807) is 0 Å². The van der Waals surface area contributed by atoms with Crippen LogP contribution in [0.25, 0.3) is 0 Å². The Bertz CT molecular complexity index is 681. The van der Waals surface area contributed by atoms with Crippen LogP contribution in [0.4, 0.5) is 17.6 Å². The molecule has 1 aliphatic rings. The number of hydrogen-bond donors (Lipinski definition) is 1. The highest BCUT2D eigenvalue weighted by molar-refractivity contribution is 7.89. The average Bonchev–Trinajstić information content (AvgIpc) is 2.52. The van der Waals surface area contributed by atoms with E-state index >= 15 is 0 Å². The van der Waals surface area contributed by atoms with Gasteiger partial charge in [0.05, 0.1) is 4.90 Å². The molecule has 1 aromatic rings. The van der Waals surface area contributed by atoms with Gasteiger partial charge in [0.1, 0.15) is 12.4 Å². The number of benzene rings is 1. The lowest BCUT2D eigenvalue weighted by molar-refractivity contribution is -0.141. The first-order chi connectivity index (χ1) is 11.1. The molecule has 1 aliphatic heterocycles. The Morgan fingerprint density at radius 1 is 1.17 bits per heavy atom. The number of piperidine rings is 1. The van der Waals surface area contributed by atoms with Gasteiger partial charge in [0.2, 0.25) is 15.9 Å². The summed E-state index contributed by atoms with van der Waals surface area (Å²) in [4.78, 5) is 11.6. The Hall–Kier alpha value is -1.68. The predicted molar refractivity (Wildman–Crippen MR) is 76.9 cm³/mol. The second-order valence-corrected chi connectivity index (χ2v) is 7.40. The Morgan fingerprint density at radius 3 is 2.21 bits per heavy atom. The van der Waals surface area contributed by atoms with Crippen molar-refractivity contribution in [3.63, 3.8) is 0 Å². The van der Waals surface area contributed by atoms with Crippen molar-refractivity contribution in [2.75, 3.05) is 19.6 Å². The van der Waals surface area contributed by atoms with Gasteiger partial charge in [0, 0.05) is 19.0 Å². The summed E-state index contributed by atoms with van der Waals surface area (Å²) >= 11 is 0. The van der Waals surface area contributed by atoms with Gasteiger partial charge < -0.3 is 5.32 Å². The molecule has 2 rings (SSSR count). The molecule has 1 amide bonds. The van der Waals surface area contributed by atoms with E-state index in [9.17, 15) is 30.8 Å². The molecule has 0 unspecified atom stereocenters. The van der Waals surface area contributed by atoms with Gasteiger partial charge in [-0.25, -0.2) is 12.8 Å². The quantitative estimate of drug-likeness (QED) is 0.826. The van der Waals surface area contributed by atoms with Crippen LogP contribution in [0.15, 0.2) is 29.2 Å². The number of amides is 1. The standard InChI is InChI=1S/C14H16F4N2O3S/c15-11-1-3-12(4-2-11)24(22,23)20-7-5-10(6-8-20)13(21)19-9-14(16,17)18/h1-4,10H,5-9H2,(H,19,21). The van der Waals surface area contributed by atoms with Gasteiger partial charge in [-0.1, -0.05) is 0 Å². The summed E-state index contributed by atoms with van der Waals surface area (Å²) in [6.45, 7) is -1.37. The second kappa shape index (κ2) is 7.06. The van der Waals surface area contributed by atoms with E-state index in [0.29, 0.717) is 0 Å². The Morgan fingerprint density at radius 2 is 1.71 bits per heavy atom. The molecular weight excluding hydrogens is 352 g/mol. The van der Waals surface area contributed by atoms with Crippen LogP contribution in [-0.2, 0) is 14.8 Å². The molecule has 1 heterocycles. The number of sulfonamides is 1. The summed E-state index contributed by atoms with van der Waals surface area (Å²) in [5.74, 6) is -1.95. The number of hydrogen-bond acceptors (Lipinski definition) is 3. The highest BCUT2D eigenvalue weighted by Crippen LogP contribution is 2.24. The molecule has 0 radical (unpaired) electrons. The fourth-order valence-corrected chi connectivity index (χ4v) is 3.92. The molecule has 0 bridgehead atoms. The SMILES string of the molecule is O=C(NCC(F)(F)F)C1CCN(S(=O)(=O)c2ccc(F)cc2)CC1. The minimum absolute atomic E-state index is 0.0177. The molecule has 0 saturated carbocycles. The van der Waals surface area contributed by atoms with E-state index in [1.807, 2.05) is 5.32 Å². The van der Waals surface area contributed by atoms with Crippen molar-refractivity contribution < 1.29 is 30.8 Å². The fraction of sp³-hybridized carbons (Fsp3) is 0.500. The predicted octanol–water partition coefficient (Wildman–Crippen LogP) is 1.90. The van der Waals surface area contributed by atoms with Crippen molar-refractivity contribution in [1.29, 1.82) is 0 Å². The molecule has 0 spiro atoms. The summed E-state index contributed by atoms with van der Waals surface area (Å²) in [6.07, 6.45) is -4.23.